The molecule has 0 spiro atoms. The van der Waals surface area contributed by atoms with Crippen LogP contribution in [0, 0.1) is 6.92 Å². The van der Waals surface area contributed by atoms with Crippen LogP contribution in [0.15, 0.2) is 6.20 Å². The molecule has 0 fully saturated rings. The molecule has 1 aromatic rings. The number of rotatable bonds is 6. The number of aromatic nitrogens is 2. The molecule has 0 unspecified atom stereocenters. The average Bonchev–Trinajstić information content (AvgIpc) is 2.28. The van der Waals surface area contributed by atoms with Crippen molar-refractivity contribution in [3.05, 3.63) is 17.6 Å². The van der Waals surface area contributed by atoms with Crippen LogP contribution >= 0.6 is 0 Å². The van der Waals surface area contributed by atoms with Crippen LogP contribution in [0.2, 0.25) is 0 Å². The predicted octanol–water partition coefficient (Wildman–Crippen LogP) is 0.632. The largest absolute Gasteiger partial charge is 0.359 e. The predicted molar refractivity (Wildman–Crippen MR) is 71.1 cm³/mol. The Hall–Kier alpha value is -1.20. The lowest BCUT2D eigenvalue weighted by Crippen LogP contribution is -2.25. The van der Waals surface area contributed by atoms with Crippen LogP contribution in [0.25, 0.3) is 0 Å². The van der Waals surface area contributed by atoms with Gasteiger partial charge in [-0.05, 0) is 34.0 Å². The fourth-order valence-electron chi connectivity index (χ4n) is 1.69. The van der Waals surface area contributed by atoms with Gasteiger partial charge in [-0.25, -0.2) is 9.97 Å². The maximum Gasteiger partial charge on any atom is 0.136 e. The Morgan fingerprint density at radius 2 is 1.94 bits per heavy atom. The minimum Gasteiger partial charge on any atom is -0.359 e. The summed E-state index contributed by atoms with van der Waals surface area (Å²) in [6, 6.07) is 0. The minimum atomic E-state index is 0.480. The highest BCUT2D eigenvalue weighted by molar-refractivity contribution is 5.45. The van der Waals surface area contributed by atoms with Crippen LogP contribution in [-0.2, 0) is 6.54 Å². The van der Waals surface area contributed by atoms with Crippen LogP contribution in [0.4, 0.5) is 5.82 Å². The molecule has 1 rings (SSSR count). The molecule has 0 amide bonds. The molecule has 5 nitrogen and oxygen atoms in total. The van der Waals surface area contributed by atoms with E-state index in [9.17, 15) is 0 Å². The summed E-state index contributed by atoms with van der Waals surface area (Å²) in [5.74, 6) is 1.75. The van der Waals surface area contributed by atoms with E-state index in [2.05, 4.69) is 40.9 Å². The second kappa shape index (κ2) is 6.51. The molecule has 0 saturated carbocycles. The molecule has 0 aliphatic heterocycles. The van der Waals surface area contributed by atoms with E-state index in [-0.39, 0.29) is 0 Å². The van der Waals surface area contributed by atoms with Crippen molar-refractivity contribution in [3.8, 4) is 0 Å². The molecule has 0 bridgehead atoms. The van der Waals surface area contributed by atoms with Gasteiger partial charge in [-0.3, -0.25) is 0 Å². The van der Waals surface area contributed by atoms with Gasteiger partial charge in [-0.1, -0.05) is 0 Å². The molecule has 0 aliphatic carbocycles. The zero-order valence-electron chi connectivity index (χ0n) is 11.3. The van der Waals surface area contributed by atoms with E-state index in [0.29, 0.717) is 6.54 Å². The maximum atomic E-state index is 5.70. The van der Waals surface area contributed by atoms with E-state index in [1.54, 1.807) is 0 Å². The van der Waals surface area contributed by atoms with E-state index in [1.165, 1.54) is 0 Å². The van der Waals surface area contributed by atoms with Gasteiger partial charge in [0.15, 0.2) is 0 Å². The topological polar surface area (TPSA) is 58.3 Å². The summed E-state index contributed by atoms with van der Waals surface area (Å²) in [5, 5.41) is 0. The molecule has 17 heavy (non-hydrogen) atoms. The second-order valence-corrected chi connectivity index (χ2v) is 4.55. The van der Waals surface area contributed by atoms with Gasteiger partial charge in [-0.2, -0.15) is 0 Å². The summed E-state index contributed by atoms with van der Waals surface area (Å²) in [5.41, 5.74) is 6.70. The number of nitrogens with two attached hydrogens (primary N) is 1. The second-order valence-electron chi connectivity index (χ2n) is 4.55. The number of hydrogen-bond acceptors (Lipinski definition) is 5. The number of aryl methyl sites for hydroxylation is 1. The van der Waals surface area contributed by atoms with Crippen LogP contribution < -0.4 is 10.6 Å². The van der Waals surface area contributed by atoms with Gasteiger partial charge in [0.1, 0.15) is 11.6 Å². The van der Waals surface area contributed by atoms with E-state index in [0.717, 1.165) is 36.7 Å². The molecular weight excluding hydrogens is 214 g/mol. The van der Waals surface area contributed by atoms with Gasteiger partial charge >= 0.3 is 0 Å². The van der Waals surface area contributed by atoms with Crippen molar-refractivity contribution < 1.29 is 0 Å². The first kappa shape index (κ1) is 13.9. The molecule has 96 valence electrons. The Bertz CT molecular complexity index is 351. The highest BCUT2D eigenvalue weighted by Gasteiger charge is 2.09. The van der Waals surface area contributed by atoms with E-state index < -0.39 is 0 Å². The molecule has 1 aromatic heterocycles. The first-order valence-corrected chi connectivity index (χ1v) is 5.93. The van der Waals surface area contributed by atoms with Gasteiger partial charge in [0.25, 0.3) is 0 Å². The molecule has 5 heteroatoms. The lowest BCUT2D eigenvalue weighted by Gasteiger charge is -2.21. The number of hydrogen-bond donors (Lipinski definition) is 1. The Morgan fingerprint density at radius 1 is 1.24 bits per heavy atom. The van der Waals surface area contributed by atoms with Gasteiger partial charge in [-0.15, -0.1) is 0 Å². The quantitative estimate of drug-likeness (QED) is 0.786. The fourth-order valence-corrected chi connectivity index (χ4v) is 1.69. The molecule has 0 aromatic carbocycles. The van der Waals surface area contributed by atoms with Crippen molar-refractivity contribution >= 4 is 5.82 Å². The van der Waals surface area contributed by atoms with Crippen molar-refractivity contribution in [2.24, 2.45) is 5.73 Å². The van der Waals surface area contributed by atoms with Gasteiger partial charge < -0.3 is 15.5 Å². The van der Waals surface area contributed by atoms with E-state index >= 15 is 0 Å². The third-order valence-corrected chi connectivity index (χ3v) is 2.64. The Kier molecular flexibility index (Phi) is 5.31. The zero-order chi connectivity index (χ0) is 12.8. The summed E-state index contributed by atoms with van der Waals surface area (Å²) in [6.45, 7) is 4.43. The third-order valence-electron chi connectivity index (χ3n) is 2.64. The first-order chi connectivity index (χ1) is 8.04. The summed E-state index contributed by atoms with van der Waals surface area (Å²) in [4.78, 5) is 13.0. The van der Waals surface area contributed by atoms with Crippen molar-refractivity contribution in [1.29, 1.82) is 0 Å². The maximum absolute atomic E-state index is 5.70. The average molecular weight is 237 g/mol. The molecule has 0 radical (unpaired) electrons. The van der Waals surface area contributed by atoms with E-state index in [1.807, 2.05) is 13.1 Å². The summed E-state index contributed by atoms with van der Waals surface area (Å²) >= 11 is 0. The van der Waals surface area contributed by atoms with Crippen LogP contribution in [0.1, 0.15) is 17.8 Å². The van der Waals surface area contributed by atoms with Crippen LogP contribution in [0.3, 0.4) is 0 Å². The van der Waals surface area contributed by atoms with E-state index in [4.69, 9.17) is 5.73 Å². The fraction of sp³-hybridized carbons (Fsp3) is 0.667. The van der Waals surface area contributed by atoms with Crippen molar-refractivity contribution in [1.82, 2.24) is 14.9 Å². The summed E-state index contributed by atoms with van der Waals surface area (Å²) in [6.07, 6.45) is 2.93. The smallest absolute Gasteiger partial charge is 0.136 e. The molecule has 0 atom stereocenters. The first-order valence-electron chi connectivity index (χ1n) is 5.93. The number of anilines is 1. The number of nitrogens with zero attached hydrogens (tertiary/aromatic N) is 4. The SMILES string of the molecule is Cc1ncc(CN)c(N(C)CCCN(C)C)n1. The van der Waals surface area contributed by atoms with Gasteiger partial charge in [0.05, 0.1) is 0 Å². The Morgan fingerprint density at radius 3 is 2.53 bits per heavy atom. The standard InChI is InChI=1S/C12H23N5/c1-10-14-9-11(8-13)12(15-10)17(4)7-5-6-16(2)3/h9H,5-8,13H2,1-4H3. The van der Waals surface area contributed by atoms with Gasteiger partial charge in [0.2, 0.25) is 0 Å². The monoisotopic (exact) mass is 237 g/mol. The van der Waals surface area contributed by atoms with Crippen LogP contribution in [-0.4, -0.2) is 49.1 Å². The lowest BCUT2D eigenvalue weighted by molar-refractivity contribution is 0.401. The molecular formula is C12H23N5. The van der Waals surface area contributed by atoms with Crippen molar-refractivity contribution in [2.45, 2.75) is 19.9 Å². The van der Waals surface area contributed by atoms with Crippen LogP contribution in [0.5, 0.6) is 0 Å². The van der Waals surface area contributed by atoms with Crippen molar-refractivity contribution in [2.75, 3.05) is 39.1 Å². The normalized spacial score (nSPS) is 10.9. The Balaban J connectivity index is 2.66. The lowest BCUT2D eigenvalue weighted by atomic mass is 10.2. The zero-order valence-corrected chi connectivity index (χ0v) is 11.3. The highest BCUT2D eigenvalue weighted by atomic mass is 15.2. The minimum absolute atomic E-state index is 0.480. The molecule has 2 N–H and O–H groups in total. The molecule has 1 heterocycles. The third kappa shape index (κ3) is 4.28. The van der Waals surface area contributed by atoms with Gasteiger partial charge in [0, 0.05) is 31.9 Å². The summed E-state index contributed by atoms with van der Waals surface area (Å²) < 4.78 is 0. The highest BCUT2D eigenvalue weighted by Crippen LogP contribution is 2.15. The summed E-state index contributed by atoms with van der Waals surface area (Å²) in [7, 11) is 6.22. The molecule has 0 aliphatic rings. The molecule has 0 saturated heterocycles. The van der Waals surface area contributed by atoms with Crippen molar-refractivity contribution in [3.63, 3.8) is 0 Å². The Labute approximate surface area is 104 Å².